The Bertz CT molecular complexity index is 1040. The van der Waals surface area contributed by atoms with Crippen LogP contribution in [0.2, 0.25) is 0 Å². The number of benzene rings is 2. The zero-order chi connectivity index (χ0) is 19.9. The van der Waals surface area contributed by atoms with Crippen molar-refractivity contribution in [3.63, 3.8) is 0 Å². The Labute approximate surface area is 162 Å². The van der Waals surface area contributed by atoms with Gasteiger partial charge in [-0.1, -0.05) is 55.5 Å². The smallest absolute Gasteiger partial charge is 0.274 e. The van der Waals surface area contributed by atoms with Gasteiger partial charge >= 0.3 is 0 Å². The summed E-state index contributed by atoms with van der Waals surface area (Å²) in [5.41, 5.74) is 0.754. The molecule has 0 unspecified atom stereocenters. The molecule has 0 aliphatic carbocycles. The van der Waals surface area contributed by atoms with Crippen molar-refractivity contribution >= 4 is 22.6 Å². The summed E-state index contributed by atoms with van der Waals surface area (Å²) in [6.07, 6.45) is 0.816. The summed E-state index contributed by atoms with van der Waals surface area (Å²) < 4.78 is 1.28. The highest BCUT2D eigenvalue weighted by Crippen LogP contribution is 2.13. The van der Waals surface area contributed by atoms with Gasteiger partial charge in [0, 0.05) is 11.9 Å². The molecular weight excluding hydrogens is 356 g/mol. The third kappa shape index (κ3) is 4.43. The zero-order valence-corrected chi connectivity index (χ0v) is 15.6. The third-order valence-electron chi connectivity index (χ3n) is 4.24. The molecule has 0 saturated heterocycles. The summed E-state index contributed by atoms with van der Waals surface area (Å²) in [7, 11) is 0. The number of nitrogens with zero attached hydrogens (tertiary/aromatic N) is 2. The number of fused-ring (bicyclic) bond motifs is 1. The van der Waals surface area contributed by atoms with E-state index in [1.165, 1.54) is 4.68 Å². The van der Waals surface area contributed by atoms with Gasteiger partial charge in [0.2, 0.25) is 5.91 Å². The maximum Gasteiger partial charge on any atom is 0.274 e. The molecule has 1 heterocycles. The van der Waals surface area contributed by atoms with Crippen LogP contribution in [0.5, 0.6) is 0 Å². The lowest BCUT2D eigenvalue weighted by molar-refractivity contribution is -0.120. The lowest BCUT2D eigenvalue weighted by Gasteiger charge is -2.11. The molecule has 0 aliphatic heterocycles. The van der Waals surface area contributed by atoms with E-state index in [1.54, 1.807) is 24.3 Å². The molecule has 0 radical (unpaired) electrons. The molecule has 0 bridgehead atoms. The minimum absolute atomic E-state index is 0.120. The van der Waals surface area contributed by atoms with Crippen molar-refractivity contribution in [1.82, 2.24) is 20.4 Å². The molecule has 0 fully saturated rings. The number of rotatable bonds is 7. The van der Waals surface area contributed by atoms with Gasteiger partial charge in [-0.2, -0.15) is 5.10 Å². The molecule has 2 N–H and O–H groups in total. The summed E-state index contributed by atoms with van der Waals surface area (Å²) in [5, 5.41) is 10.5. The Kier molecular flexibility index (Phi) is 6.16. The van der Waals surface area contributed by atoms with Gasteiger partial charge in [0.15, 0.2) is 5.69 Å². The second-order valence-corrected chi connectivity index (χ2v) is 6.38. The first-order chi connectivity index (χ1) is 13.6. The van der Waals surface area contributed by atoms with Crippen LogP contribution in [0.3, 0.4) is 0 Å². The van der Waals surface area contributed by atoms with E-state index < -0.39 is 5.91 Å². The fourth-order valence-electron chi connectivity index (χ4n) is 2.84. The van der Waals surface area contributed by atoms with E-state index in [2.05, 4.69) is 15.7 Å². The highest BCUT2D eigenvalue weighted by molar-refractivity contribution is 6.05. The molecule has 7 heteroatoms. The van der Waals surface area contributed by atoms with Crippen molar-refractivity contribution in [2.45, 2.75) is 19.9 Å². The summed E-state index contributed by atoms with van der Waals surface area (Å²) >= 11 is 0. The normalized spacial score (nSPS) is 10.6. The molecule has 3 aromatic rings. The highest BCUT2D eigenvalue weighted by atomic mass is 16.2. The van der Waals surface area contributed by atoms with Gasteiger partial charge in [-0.25, -0.2) is 4.68 Å². The quantitative estimate of drug-likeness (QED) is 0.654. The molecule has 7 nitrogen and oxygen atoms in total. The fraction of sp³-hybridized carbons (Fsp3) is 0.238. The molecule has 0 spiro atoms. The largest absolute Gasteiger partial charge is 0.355 e. The van der Waals surface area contributed by atoms with E-state index in [9.17, 15) is 14.4 Å². The van der Waals surface area contributed by atoms with Crippen LogP contribution >= 0.6 is 0 Å². The van der Waals surface area contributed by atoms with E-state index >= 15 is 0 Å². The molecule has 0 saturated carbocycles. The lowest BCUT2D eigenvalue weighted by Crippen LogP contribution is -2.38. The second kappa shape index (κ2) is 8.94. The topological polar surface area (TPSA) is 93.1 Å². The van der Waals surface area contributed by atoms with Gasteiger partial charge in [0.1, 0.15) is 0 Å². The Hall–Kier alpha value is -3.48. The van der Waals surface area contributed by atoms with Crippen molar-refractivity contribution in [2.24, 2.45) is 0 Å². The summed E-state index contributed by atoms with van der Waals surface area (Å²) in [6, 6.07) is 16.3. The van der Waals surface area contributed by atoms with Crippen LogP contribution in [-0.4, -0.2) is 34.7 Å². The number of amides is 2. The van der Waals surface area contributed by atoms with E-state index in [4.69, 9.17) is 0 Å². The number of carbonyl (C=O) groups excluding carboxylic acids is 2. The molecule has 0 atom stereocenters. The van der Waals surface area contributed by atoms with Gasteiger partial charge in [-0.05, 0) is 18.1 Å². The number of aromatic nitrogens is 2. The van der Waals surface area contributed by atoms with Gasteiger partial charge in [0.25, 0.3) is 11.5 Å². The zero-order valence-electron chi connectivity index (χ0n) is 15.6. The Morgan fingerprint density at radius 1 is 0.964 bits per heavy atom. The van der Waals surface area contributed by atoms with Crippen molar-refractivity contribution in [1.29, 1.82) is 0 Å². The summed E-state index contributed by atoms with van der Waals surface area (Å²) in [5.74, 6) is -0.762. The van der Waals surface area contributed by atoms with Crippen molar-refractivity contribution in [3.05, 3.63) is 76.2 Å². The fourth-order valence-corrected chi connectivity index (χ4v) is 2.84. The number of nitrogens with one attached hydrogen (secondary N) is 2. The van der Waals surface area contributed by atoms with Crippen LogP contribution in [0.1, 0.15) is 29.4 Å². The summed E-state index contributed by atoms with van der Waals surface area (Å²) in [6.45, 7) is 2.61. The van der Waals surface area contributed by atoms with E-state index in [0.717, 1.165) is 12.0 Å². The van der Waals surface area contributed by atoms with Gasteiger partial charge in [-0.15, -0.1) is 0 Å². The van der Waals surface area contributed by atoms with Crippen LogP contribution in [0.4, 0.5) is 0 Å². The molecule has 144 valence electrons. The Morgan fingerprint density at radius 3 is 2.36 bits per heavy atom. The van der Waals surface area contributed by atoms with Crippen molar-refractivity contribution < 1.29 is 9.59 Å². The van der Waals surface area contributed by atoms with Crippen LogP contribution in [0.25, 0.3) is 10.8 Å². The molecule has 1 aromatic heterocycles. The van der Waals surface area contributed by atoms with E-state index in [-0.39, 0.29) is 30.2 Å². The lowest BCUT2D eigenvalue weighted by atomic mass is 10.1. The first-order valence-corrected chi connectivity index (χ1v) is 9.19. The average Bonchev–Trinajstić information content (AvgIpc) is 2.73. The van der Waals surface area contributed by atoms with Crippen LogP contribution in [0, 0.1) is 0 Å². The van der Waals surface area contributed by atoms with Crippen molar-refractivity contribution in [3.8, 4) is 0 Å². The molecule has 2 amide bonds. The Morgan fingerprint density at radius 2 is 1.64 bits per heavy atom. The summed E-state index contributed by atoms with van der Waals surface area (Å²) in [4.78, 5) is 37.2. The molecular formula is C21H22N4O3. The maximum atomic E-state index is 12.8. The molecule has 28 heavy (non-hydrogen) atoms. The number of hydrogen-bond donors (Lipinski definition) is 2. The standard InChI is InChI=1S/C21H22N4O3/c1-2-12-22-18(26)13-23-20(27)19-16-10-6-7-11-17(16)21(28)25(24-19)14-15-8-4-3-5-9-15/h3-11H,2,12-14H2,1H3,(H,22,26)(H,23,27). The molecule has 2 aromatic carbocycles. The molecule has 0 aliphatic rings. The predicted molar refractivity (Wildman–Crippen MR) is 107 cm³/mol. The Balaban J connectivity index is 1.92. The minimum Gasteiger partial charge on any atom is -0.355 e. The number of carbonyl (C=O) groups is 2. The first-order valence-electron chi connectivity index (χ1n) is 9.19. The van der Waals surface area contributed by atoms with Crippen LogP contribution in [-0.2, 0) is 11.3 Å². The first kappa shape index (κ1) is 19.3. The average molecular weight is 378 g/mol. The minimum atomic E-state index is -0.496. The van der Waals surface area contributed by atoms with E-state index in [0.29, 0.717) is 17.3 Å². The van der Waals surface area contributed by atoms with Gasteiger partial charge in [-0.3, -0.25) is 14.4 Å². The number of hydrogen-bond acceptors (Lipinski definition) is 4. The highest BCUT2D eigenvalue weighted by Gasteiger charge is 2.17. The third-order valence-corrected chi connectivity index (χ3v) is 4.24. The molecule has 3 rings (SSSR count). The van der Waals surface area contributed by atoms with Gasteiger partial charge < -0.3 is 10.6 Å². The van der Waals surface area contributed by atoms with Gasteiger partial charge in [0.05, 0.1) is 18.5 Å². The van der Waals surface area contributed by atoms with Crippen LogP contribution in [0.15, 0.2) is 59.4 Å². The van der Waals surface area contributed by atoms with E-state index in [1.807, 2.05) is 37.3 Å². The van der Waals surface area contributed by atoms with Crippen molar-refractivity contribution in [2.75, 3.05) is 13.1 Å². The second-order valence-electron chi connectivity index (χ2n) is 6.38. The monoisotopic (exact) mass is 378 g/mol. The SMILES string of the molecule is CCCNC(=O)CNC(=O)c1nn(Cc2ccccc2)c(=O)c2ccccc12. The predicted octanol–water partition coefficient (Wildman–Crippen LogP) is 1.70. The maximum absolute atomic E-state index is 12.8. The van der Waals surface area contributed by atoms with Crippen LogP contribution < -0.4 is 16.2 Å².